The van der Waals surface area contributed by atoms with E-state index in [-0.39, 0.29) is 11.5 Å². The lowest BCUT2D eigenvalue weighted by Gasteiger charge is -2.44. The first kappa shape index (κ1) is 19.7. The molecular formula is C12H22O9S2. The monoisotopic (exact) mass is 374 g/mol. The van der Waals surface area contributed by atoms with Crippen molar-refractivity contribution in [3.63, 3.8) is 0 Å². The highest BCUT2D eigenvalue weighted by atomic mass is 32.1. The summed E-state index contributed by atoms with van der Waals surface area (Å²) in [5.74, 6) is 0.110. The highest BCUT2D eigenvalue weighted by molar-refractivity contribution is 7.80. The van der Waals surface area contributed by atoms with Gasteiger partial charge in [-0.2, -0.15) is 25.3 Å². The summed E-state index contributed by atoms with van der Waals surface area (Å²) >= 11 is 7.95. The van der Waals surface area contributed by atoms with Crippen LogP contribution < -0.4 is 0 Å². The number of hydrogen-bond donors (Lipinski definition) is 8. The fourth-order valence-electron chi connectivity index (χ4n) is 2.49. The van der Waals surface area contributed by atoms with Crippen LogP contribution in [-0.2, 0) is 14.2 Å². The maximum Gasteiger partial charge on any atom is 0.189 e. The Morgan fingerprint density at radius 3 is 1.26 bits per heavy atom. The van der Waals surface area contributed by atoms with Crippen molar-refractivity contribution in [3.8, 4) is 0 Å². The molecule has 2 aliphatic heterocycles. The van der Waals surface area contributed by atoms with E-state index >= 15 is 0 Å². The Hall–Kier alpha value is 0.340. The van der Waals surface area contributed by atoms with E-state index in [2.05, 4.69) is 25.3 Å². The van der Waals surface area contributed by atoms with Gasteiger partial charge in [-0.15, -0.1) is 0 Å². The second-order valence-corrected chi connectivity index (χ2v) is 6.26. The lowest BCUT2D eigenvalue weighted by molar-refractivity contribution is -0.369. The Balaban J connectivity index is 2.07. The van der Waals surface area contributed by atoms with Crippen LogP contribution in [0.2, 0.25) is 0 Å². The first-order chi connectivity index (χ1) is 10.8. The number of ether oxygens (including phenoxy) is 3. The molecule has 2 saturated heterocycles. The molecule has 11 heteroatoms. The molecular weight excluding hydrogens is 352 g/mol. The maximum absolute atomic E-state index is 9.93. The maximum atomic E-state index is 9.93. The summed E-state index contributed by atoms with van der Waals surface area (Å²) in [7, 11) is 0. The zero-order valence-electron chi connectivity index (χ0n) is 12.0. The van der Waals surface area contributed by atoms with Gasteiger partial charge in [0.2, 0.25) is 0 Å². The van der Waals surface area contributed by atoms with Crippen molar-refractivity contribution in [2.24, 2.45) is 0 Å². The zero-order chi connectivity index (χ0) is 17.3. The van der Waals surface area contributed by atoms with Gasteiger partial charge in [0.25, 0.3) is 0 Å². The zero-order valence-corrected chi connectivity index (χ0v) is 13.8. The van der Waals surface area contributed by atoms with Gasteiger partial charge in [0.05, 0.1) is 12.2 Å². The Labute approximate surface area is 143 Å². The molecule has 0 spiro atoms. The van der Waals surface area contributed by atoms with Crippen molar-refractivity contribution in [2.45, 2.75) is 61.4 Å². The smallest absolute Gasteiger partial charge is 0.189 e. The number of aliphatic hydroxyl groups is 6. The standard InChI is InChI=1S/C12H22O9S2/c13-5-3(1-22)19-11(9(17)7(5)15)21-12-10(18)8(16)6(14)4(2-23)20-12/h3-18,22-23H,1-2H2/t3?,4?,5-,6-,7+,8?,9?,10?,11+,12+/m1/s1. The molecule has 2 rings (SSSR count). The molecule has 136 valence electrons. The van der Waals surface area contributed by atoms with Crippen LogP contribution in [0.3, 0.4) is 0 Å². The second-order valence-electron chi connectivity index (χ2n) is 5.53. The second kappa shape index (κ2) is 8.15. The van der Waals surface area contributed by atoms with Crippen LogP contribution in [0.25, 0.3) is 0 Å². The third kappa shape index (κ3) is 3.96. The first-order valence-electron chi connectivity index (χ1n) is 7.08. The van der Waals surface area contributed by atoms with E-state index in [0.717, 1.165) is 0 Å². The summed E-state index contributed by atoms with van der Waals surface area (Å²) in [4.78, 5) is 0. The predicted octanol–water partition coefficient (Wildman–Crippen LogP) is -3.52. The minimum atomic E-state index is -1.60. The molecule has 0 aliphatic carbocycles. The molecule has 10 atom stereocenters. The Morgan fingerprint density at radius 2 is 0.957 bits per heavy atom. The topological polar surface area (TPSA) is 149 Å². The summed E-state index contributed by atoms with van der Waals surface area (Å²) in [5, 5.41) is 58.9. The molecule has 0 aromatic carbocycles. The lowest BCUT2D eigenvalue weighted by Crippen LogP contribution is -2.63. The Kier molecular flexibility index (Phi) is 6.96. The van der Waals surface area contributed by atoms with E-state index in [4.69, 9.17) is 14.2 Å². The predicted molar refractivity (Wildman–Crippen MR) is 82.2 cm³/mol. The number of rotatable bonds is 4. The summed E-state index contributed by atoms with van der Waals surface area (Å²) in [6, 6.07) is 0. The van der Waals surface area contributed by atoms with E-state index in [1.54, 1.807) is 0 Å². The lowest BCUT2D eigenvalue weighted by atomic mass is 9.98. The minimum absolute atomic E-state index is 0.0550. The summed E-state index contributed by atoms with van der Waals surface area (Å²) < 4.78 is 15.9. The van der Waals surface area contributed by atoms with Crippen molar-refractivity contribution in [1.82, 2.24) is 0 Å². The van der Waals surface area contributed by atoms with Crippen molar-refractivity contribution in [1.29, 1.82) is 0 Å². The highest BCUT2D eigenvalue weighted by Gasteiger charge is 2.49. The van der Waals surface area contributed by atoms with Crippen molar-refractivity contribution in [3.05, 3.63) is 0 Å². The Morgan fingerprint density at radius 1 is 0.609 bits per heavy atom. The van der Waals surface area contributed by atoms with E-state index in [9.17, 15) is 30.6 Å². The van der Waals surface area contributed by atoms with Crippen LogP contribution in [-0.4, -0.2) is 104 Å². The minimum Gasteiger partial charge on any atom is -0.388 e. The normalized spacial score (nSPS) is 51.7. The molecule has 0 bridgehead atoms. The highest BCUT2D eigenvalue weighted by Crippen LogP contribution is 2.28. The largest absolute Gasteiger partial charge is 0.388 e. The van der Waals surface area contributed by atoms with Gasteiger partial charge < -0.3 is 44.8 Å². The molecule has 5 unspecified atom stereocenters. The van der Waals surface area contributed by atoms with Gasteiger partial charge in [-0.3, -0.25) is 0 Å². The number of hydrogen-bond acceptors (Lipinski definition) is 11. The molecule has 2 aliphatic rings. The fraction of sp³-hybridized carbons (Fsp3) is 1.00. The van der Waals surface area contributed by atoms with Crippen molar-refractivity contribution in [2.75, 3.05) is 11.5 Å². The molecule has 6 N–H and O–H groups in total. The third-order valence-electron chi connectivity index (χ3n) is 3.97. The molecule has 0 aromatic heterocycles. The van der Waals surface area contributed by atoms with Gasteiger partial charge in [-0.25, -0.2) is 0 Å². The summed E-state index contributed by atoms with van der Waals surface area (Å²) in [6.07, 6.45) is -13.6. The van der Waals surface area contributed by atoms with Gasteiger partial charge in [0.1, 0.15) is 36.6 Å². The first-order valence-corrected chi connectivity index (χ1v) is 8.34. The number of aliphatic hydroxyl groups excluding tert-OH is 6. The average Bonchev–Trinajstić information content (AvgIpc) is 2.55. The molecule has 9 nitrogen and oxygen atoms in total. The molecule has 2 heterocycles. The van der Waals surface area contributed by atoms with Crippen LogP contribution in [0.1, 0.15) is 0 Å². The molecule has 23 heavy (non-hydrogen) atoms. The van der Waals surface area contributed by atoms with E-state index < -0.39 is 61.4 Å². The summed E-state index contributed by atoms with van der Waals surface area (Å²) in [5.41, 5.74) is 0. The van der Waals surface area contributed by atoms with E-state index in [0.29, 0.717) is 0 Å². The van der Waals surface area contributed by atoms with Crippen LogP contribution in [0.5, 0.6) is 0 Å². The van der Waals surface area contributed by atoms with Gasteiger partial charge in [0.15, 0.2) is 12.6 Å². The number of thiol groups is 2. The van der Waals surface area contributed by atoms with E-state index in [1.165, 1.54) is 0 Å². The average molecular weight is 374 g/mol. The van der Waals surface area contributed by atoms with Crippen LogP contribution >= 0.6 is 25.3 Å². The van der Waals surface area contributed by atoms with E-state index in [1.807, 2.05) is 0 Å². The molecule has 0 amide bonds. The molecule has 0 saturated carbocycles. The Bertz CT molecular complexity index is 352. The SMILES string of the molecule is OC1C(O)[C@H](O)C(CS)O[C@H]1O[C@@H]1OC(CS)[C@@H](O)[C@H](O)C1O. The van der Waals surface area contributed by atoms with Gasteiger partial charge in [-0.1, -0.05) is 0 Å². The van der Waals surface area contributed by atoms with Gasteiger partial charge in [-0.05, 0) is 0 Å². The molecule has 0 radical (unpaired) electrons. The third-order valence-corrected chi connectivity index (χ3v) is 4.68. The van der Waals surface area contributed by atoms with Crippen molar-refractivity contribution < 1.29 is 44.8 Å². The van der Waals surface area contributed by atoms with Crippen LogP contribution in [0, 0.1) is 0 Å². The quantitative estimate of drug-likeness (QED) is 0.234. The van der Waals surface area contributed by atoms with Gasteiger partial charge >= 0.3 is 0 Å². The fourth-order valence-corrected chi connectivity index (χ4v) is 3.10. The molecule has 0 aromatic rings. The summed E-state index contributed by atoms with van der Waals surface area (Å²) in [6.45, 7) is 0. The van der Waals surface area contributed by atoms with Gasteiger partial charge in [0, 0.05) is 11.5 Å². The van der Waals surface area contributed by atoms with Crippen molar-refractivity contribution >= 4 is 25.3 Å². The van der Waals surface area contributed by atoms with Crippen LogP contribution in [0.15, 0.2) is 0 Å². The molecule has 2 fully saturated rings. The van der Waals surface area contributed by atoms with Crippen LogP contribution in [0.4, 0.5) is 0 Å².